The Hall–Kier alpha value is -1.36. The van der Waals surface area contributed by atoms with Gasteiger partial charge in [0.15, 0.2) is 0 Å². The van der Waals surface area contributed by atoms with Crippen LogP contribution >= 0.6 is 15.9 Å². The van der Waals surface area contributed by atoms with Gasteiger partial charge in [-0.25, -0.2) is 4.98 Å². The molecular formula is C10H9BrN2O2. The maximum Gasteiger partial charge on any atom is 0.309 e. The number of fused-ring (bicyclic) bond motifs is 1. The summed E-state index contributed by atoms with van der Waals surface area (Å²) in [5.74, 6) is -0.879. The minimum absolute atomic E-state index is 0.0681. The van der Waals surface area contributed by atoms with Crippen molar-refractivity contribution in [1.82, 2.24) is 9.38 Å². The normalized spacial score (nSPS) is 10.8. The Morgan fingerprint density at radius 2 is 2.33 bits per heavy atom. The summed E-state index contributed by atoms with van der Waals surface area (Å²) in [6.07, 6.45) is 1.85. The first kappa shape index (κ1) is 10.2. The number of aliphatic carboxylic acids is 1. The highest BCUT2D eigenvalue weighted by Gasteiger charge is 2.12. The van der Waals surface area contributed by atoms with Crippen LogP contribution in [-0.4, -0.2) is 20.5 Å². The van der Waals surface area contributed by atoms with Crippen molar-refractivity contribution < 1.29 is 9.90 Å². The third-order valence-electron chi connectivity index (χ3n) is 2.09. The quantitative estimate of drug-likeness (QED) is 0.907. The first-order chi connectivity index (χ1) is 7.08. The van der Waals surface area contributed by atoms with E-state index in [-0.39, 0.29) is 6.42 Å². The van der Waals surface area contributed by atoms with Crippen molar-refractivity contribution in [3.8, 4) is 0 Å². The summed E-state index contributed by atoms with van der Waals surface area (Å²) in [5, 5.41) is 8.70. The van der Waals surface area contributed by atoms with Gasteiger partial charge in [-0.1, -0.05) is 6.07 Å². The molecule has 0 bridgehead atoms. The Kier molecular flexibility index (Phi) is 2.48. The van der Waals surface area contributed by atoms with E-state index < -0.39 is 5.97 Å². The van der Waals surface area contributed by atoms with E-state index in [0.717, 1.165) is 11.2 Å². The summed E-state index contributed by atoms with van der Waals surface area (Å²) in [6, 6.07) is 3.81. The standard InChI is InChI=1S/C10H9BrN2O2/c1-6-2-3-8-12-7(4-9(14)15)10(11)13(8)5-6/h2-3,5H,4H2,1H3,(H,14,15). The molecular weight excluding hydrogens is 260 g/mol. The fourth-order valence-corrected chi connectivity index (χ4v) is 1.94. The second kappa shape index (κ2) is 3.66. The van der Waals surface area contributed by atoms with Crippen LogP contribution < -0.4 is 0 Å². The van der Waals surface area contributed by atoms with Crippen LogP contribution in [0.4, 0.5) is 0 Å². The molecule has 78 valence electrons. The monoisotopic (exact) mass is 268 g/mol. The molecule has 0 fully saturated rings. The number of hydrogen-bond acceptors (Lipinski definition) is 2. The van der Waals surface area contributed by atoms with Gasteiger partial charge in [-0.3, -0.25) is 9.20 Å². The number of aryl methyl sites for hydroxylation is 1. The van der Waals surface area contributed by atoms with E-state index in [2.05, 4.69) is 20.9 Å². The second-order valence-corrected chi connectivity index (χ2v) is 4.11. The fourth-order valence-electron chi connectivity index (χ4n) is 1.43. The maximum absolute atomic E-state index is 10.6. The number of carbonyl (C=O) groups is 1. The zero-order valence-corrected chi connectivity index (χ0v) is 9.65. The first-order valence-electron chi connectivity index (χ1n) is 4.43. The molecule has 0 aliphatic heterocycles. The largest absolute Gasteiger partial charge is 0.481 e. The Labute approximate surface area is 94.7 Å². The molecule has 0 aliphatic rings. The van der Waals surface area contributed by atoms with Gasteiger partial charge >= 0.3 is 5.97 Å². The number of carboxylic acid groups (broad SMARTS) is 1. The SMILES string of the molecule is Cc1ccc2nc(CC(=O)O)c(Br)n2c1. The van der Waals surface area contributed by atoms with E-state index in [0.29, 0.717) is 10.3 Å². The summed E-state index contributed by atoms with van der Waals surface area (Å²) >= 11 is 3.35. The van der Waals surface area contributed by atoms with Crippen LogP contribution in [0.3, 0.4) is 0 Å². The number of pyridine rings is 1. The molecule has 1 N–H and O–H groups in total. The molecule has 0 unspecified atom stereocenters. The average Bonchev–Trinajstić information content (AvgIpc) is 2.44. The van der Waals surface area contributed by atoms with Gasteiger partial charge < -0.3 is 5.11 Å². The molecule has 2 aromatic rings. The van der Waals surface area contributed by atoms with E-state index in [1.807, 2.05) is 29.7 Å². The molecule has 0 atom stereocenters. The lowest BCUT2D eigenvalue weighted by atomic mass is 10.3. The Morgan fingerprint density at radius 1 is 1.60 bits per heavy atom. The number of imidazole rings is 1. The number of halogens is 1. The van der Waals surface area contributed by atoms with Gasteiger partial charge in [0.05, 0.1) is 12.1 Å². The van der Waals surface area contributed by atoms with Crippen molar-refractivity contribution in [3.05, 3.63) is 34.2 Å². The van der Waals surface area contributed by atoms with Crippen LogP contribution in [0.25, 0.3) is 5.65 Å². The Balaban J connectivity index is 2.59. The molecule has 0 amide bonds. The highest BCUT2D eigenvalue weighted by atomic mass is 79.9. The van der Waals surface area contributed by atoms with Gasteiger partial charge in [0.2, 0.25) is 0 Å². The lowest BCUT2D eigenvalue weighted by Gasteiger charge is -1.96. The summed E-state index contributed by atoms with van der Waals surface area (Å²) in [6.45, 7) is 1.97. The highest BCUT2D eigenvalue weighted by Crippen LogP contribution is 2.20. The van der Waals surface area contributed by atoms with Crippen LogP contribution in [0.15, 0.2) is 22.9 Å². The number of carboxylic acids is 1. The molecule has 15 heavy (non-hydrogen) atoms. The third kappa shape index (κ3) is 1.87. The van der Waals surface area contributed by atoms with Crippen molar-refractivity contribution in [2.75, 3.05) is 0 Å². The lowest BCUT2D eigenvalue weighted by molar-refractivity contribution is -0.136. The van der Waals surface area contributed by atoms with Gasteiger partial charge in [-0.15, -0.1) is 0 Å². The molecule has 0 radical (unpaired) electrons. The number of hydrogen-bond donors (Lipinski definition) is 1. The number of rotatable bonds is 2. The molecule has 0 spiro atoms. The van der Waals surface area contributed by atoms with Crippen molar-refractivity contribution in [2.45, 2.75) is 13.3 Å². The number of nitrogens with zero attached hydrogens (tertiary/aromatic N) is 2. The summed E-state index contributed by atoms with van der Waals surface area (Å²) in [5.41, 5.74) is 2.40. The van der Waals surface area contributed by atoms with Crippen molar-refractivity contribution in [2.24, 2.45) is 0 Å². The lowest BCUT2D eigenvalue weighted by Crippen LogP contribution is -2.00. The molecule has 2 heterocycles. The molecule has 0 saturated heterocycles. The Morgan fingerprint density at radius 3 is 3.00 bits per heavy atom. The van der Waals surface area contributed by atoms with E-state index >= 15 is 0 Å². The molecule has 0 saturated carbocycles. The zero-order valence-electron chi connectivity index (χ0n) is 8.07. The number of aromatic nitrogens is 2. The molecule has 2 rings (SSSR count). The molecule has 0 aromatic carbocycles. The third-order valence-corrected chi connectivity index (χ3v) is 2.93. The topological polar surface area (TPSA) is 54.6 Å². The van der Waals surface area contributed by atoms with Crippen LogP contribution in [0, 0.1) is 6.92 Å². The van der Waals surface area contributed by atoms with E-state index in [1.54, 1.807) is 0 Å². The van der Waals surface area contributed by atoms with Gasteiger partial charge in [0.1, 0.15) is 10.3 Å². The maximum atomic E-state index is 10.6. The van der Waals surface area contributed by atoms with Gasteiger partial charge in [0.25, 0.3) is 0 Å². The second-order valence-electron chi connectivity index (χ2n) is 3.35. The van der Waals surface area contributed by atoms with Crippen LogP contribution in [0.5, 0.6) is 0 Å². The highest BCUT2D eigenvalue weighted by molar-refractivity contribution is 9.10. The first-order valence-corrected chi connectivity index (χ1v) is 5.22. The average molecular weight is 269 g/mol. The molecule has 0 aliphatic carbocycles. The smallest absolute Gasteiger partial charge is 0.309 e. The molecule has 4 nitrogen and oxygen atoms in total. The predicted molar refractivity (Wildman–Crippen MR) is 59.0 cm³/mol. The van der Waals surface area contributed by atoms with Crippen LogP contribution in [-0.2, 0) is 11.2 Å². The summed E-state index contributed by atoms with van der Waals surface area (Å²) < 4.78 is 2.55. The summed E-state index contributed by atoms with van der Waals surface area (Å²) in [4.78, 5) is 14.8. The van der Waals surface area contributed by atoms with Crippen molar-refractivity contribution >= 4 is 27.5 Å². The van der Waals surface area contributed by atoms with Crippen molar-refractivity contribution in [3.63, 3.8) is 0 Å². The Bertz CT molecular complexity index is 533. The van der Waals surface area contributed by atoms with Gasteiger partial charge in [0, 0.05) is 6.20 Å². The minimum Gasteiger partial charge on any atom is -0.481 e. The molecule has 5 heteroatoms. The van der Waals surface area contributed by atoms with Crippen molar-refractivity contribution in [1.29, 1.82) is 0 Å². The van der Waals surface area contributed by atoms with E-state index in [4.69, 9.17) is 5.11 Å². The van der Waals surface area contributed by atoms with Gasteiger partial charge in [-0.2, -0.15) is 0 Å². The minimum atomic E-state index is -0.879. The van der Waals surface area contributed by atoms with E-state index in [9.17, 15) is 4.79 Å². The van der Waals surface area contributed by atoms with E-state index in [1.165, 1.54) is 0 Å². The van der Waals surface area contributed by atoms with Crippen LogP contribution in [0.1, 0.15) is 11.3 Å². The zero-order chi connectivity index (χ0) is 11.0. The molecule has 2 aromatic heterocycles. The fraction of sp³-hybridized carbons (Fsp3) is 0.200. The van der Waals surface area contributed by atoms with Gasteiger partial charge in [-0.05, 0) is 34.5 Å². The predicted octanol–water partition coefficient (Wildman–Crippen LogP) is 2.03. The summed E-state index contributed by atoms with van der Waals surface area (Å²) in [7, 11) is 0. The van der Waals surface area contributed by atoms with Crippen LogP contribution in [0.2, 0.25) is 0 Å².